The Hall–Kier alpha value is -1.04. The Morgan fingerprint density at radius 1 is 1.20 bits per heavy atom. The topological polar surface area (TPSA) is 41.3 Å². The second-order valence-corrected chi connectivity index (χ2v) is 5.50. The molecular weight excluding hydrogens is 260 g/mol. The first-order chi connectivity index (χ1) is 9.36. The summed E-state index contributed by atoms with van der Waals surface area (Å²) in [5.41, 5.74) is 3.35. The Balaban J connectivity index is 2.93. The molecule has 0 radical (unpaired) electrons. The highest BCUT2D eigenvalue weighted by Gasteiger charge is 2.33. The average molecular weight is 285 g/mol. The molecule has 0 saturated heterocycles. The predicted molar refractivity (Wildman–Crippen MR) is 78.2 cm³/mol. The highest BCUT2D eigenvalue weighted by atomic mass is 19.2. The SMILES string of the molecule is CCN(CC)C(C)(C)C(Cc1ccc(F)c(F)c1)NN. The third-order valence-electron chi connectivity index (χ3n) is 4.06. The van der Waals surface area contributed by atoms with E-state index in [4.69, 9.17) is 5.84 Å². The number of nitrogens with zero attached hydrogens (tertiary/aromatic N) is 1. The molecule has 0 bridgehead atoms. The third kappa shape index (κ3) is 3.75. The lowest BCUT2D eigenvalue weighted by molar-refractivity contribution is 0.0912. The first-order valence-electron chi connectivity index (χ1n) is 7.01. The van der Waals surface area contributed by atoms with Crippen LogP contribution in [-0.2, 0) is 6.42 Å². The average Bonchev–Trinajstić information content (AvgIpc) is 2.40. The van der Waals surface area contributed by atoms with Crippen LogP contribution in [-0.4, -0.2) is 29.6 Å². The molecule has 3 N–H and O–H groups in total. The largest absolute Gasteiger partial charge is 0.297 e. The molecular formula is C15H25F2N3. The molecule has 114 valence electrons. The van der Waals surface area contributed by atoms with Gasteiger partial charge in [-0.25, -0.2) is 8.78 Å². The van der Waals surface area contributed by atoms with Gasteiger partial charge in [0, 0.05) is 11.6 Å². The van der Waals surface area contributed by atoms with Crippen LogP contribution in [0.15, 0.2) is 18.2 Å². The summed E-state index contributed by atoms with van der Waals surface area (Å²) in [7, 11) is 0. The van der Waals surface area contributed by atoms with E-state index in [0.29, 0.717) is 6.42 Å². The van der Waals surface area contributed by atoms with Crippen molar-refractivity contribution in [1.82, 2.24) is 10.3 Å². The number of nitrogens with one attached hydrogen (secondary N) is 1. The van der Waals surface area contributed by atoms with E-state index in [0.717, 1.165) is 24.7 Å². The lowest BCUT2D eigenvalue weighted by atomic mass is 9.87. The summed E-state index contributed by atoms with van der Waals surface area (Å²) in [6.07, 6.45) is 0.539. The number of hydrazine groups is 1. The summed E-state index contributed by atoms with van der Waals surface area (Å²) in [5.74, 6) is 4.03. The van der Waals surface area contributed by atoms with Crippen LogP contribution < -0.4 is 11.3 Å². The highest BCUT2D eigenvalue weighted by Crippen LogP contribution is 2.22. The minimum Gasteiger partial charge on any atom is -0.297 e. The van der Waals surface area contributed by atoms with Crippen molar-refractivity contribution >= 4 is 0 Å². The fourth-order valence-electron chi connectivity index (χ4n) is 2.67. The molecule has 0 saturated carbocycles. The molecule has 1 rings (SSSR count). The lowest BCUT2D eigenvalue weighted by Gasteiger charge is -2.43. The van der Waals surface area contributed by atoms with Gasteiger partial charge in [-0.15, -0.1) is 0 Å². The maximum atomic E-state index is 13.3. The van der Waals surface area contributed by atoms with Gasteiger partial charge < -0.3 is 0 Å². The number of nitrogens with two attached hydrogens (primary N) is 1. The molecule has 1 atom stereocenters. The van der Waals surface area contributed by atoms with Crippen LogP contribution in [0.4, 0.5) is 8.78 Å². The lowest BCUT2D eigenvalue weighted by Crippen LogP contribution is -2.60. The molecule has 0 heterocycles. The molecule has 0 spiro atoms. The smallest absolute Gasteiger partial charge is 0.159 e. The molecule has 1 unspecified atom stereocenters. The fraction of sp³-hybridized carbons (Fsp3) is 0.600. The van der Waals surface area contributed by atoms with E-state index in [9.17, 15) is 8.78 Å². The van der Waals surface area contributed by atoms with E-state index < -0.39 is 11.6 Å². The van der Waals surface area contributed by atoms with Crippen molar-refractivity contribution in [2.75, 3.05) is 13.1 Å². The number of benzene rings is 1. The first kappa shape index (κ1) is 17.0. The van der Waals surface area contributed by atoms with E-state index in [1.165, 1.54) is 6.07 Å². The molecule has 3 nitrogen and oxygen atoms in total. The fourth-order valence-corrected chi connectivity index (χ4v) is 2.67. The quantitative estimate of drug-likeness (QED) is 0.597. The number of rotatable bonds is 7. The van der Waals surface area contributed by atoms with Gasteiger partial charge in [0.25, 0.3) is 0 Å². The molecule has 0 amide bonds. The Kier molecular flexibility index (Phi) is 6.05. The Morgan fingerprint density at radius 3 is 2.25 bits per heavy atom. The number of likely N-dealkylation sites (N-methyl/N-ethyl adjacent to an activating group) is 1. The highest BCUT2D eigenvalue weighted by molar-refractivity contribution is 5.20. The Labute approximate surface area is 120 Å². The Bertz CT molecular complexity index is 431. The number of halogens is 2. The zero-order chi connectivity index (χ0) is 15.3. The van der Waals surface area contributed by atoms with Crippen molar-refractivity contribution < 1.29 is 8.78 Å². The zero-order valence-corrected chi connectivity index (χ0v) is 12.7. The van der Waals surface area contributed by atoms with E-state index in [-0.39, 0.29) is 11.6 Å². The van der Waals surface area contributed by atoms with Crippen LogP contribution in [0.25, 0.3) is 0 Å². The summed E-state index contributed by atoms with van der Waals surface area (Å²) in [4.78, 5) is 2.29. The van der Waals surface area contributed by atoms with E-state index in [1.54, 1.807) is 6.07 Å². The van der Waals surface area contributed by atoms with Gasteiger partial charge in [-0.2, -0.15) is 0 Å². The first-order valence-corrected chi connectivity index (χ1v) is 7.01. The van der Waals surface area contributed by atoms with Crippen molar-refractivity contribution in [3.63, 3.8) is 0 Å². The normalized spacial score (nSPS) is 13.8. The van der Waals surface area contributed by atoms with Crippen LogP contribution in [0.3, 0.4) is 0 Å². The van der Waals surface area contributed by atoms with Gasteiger partial charge in [0.05, 0.1) is 0 Å². The van der Waals surface area contributed by atoms with Gasteiger partial charge in [-0.1, -0.05) is 19.9 Å². The molecule has 20 heavy (non-hydrogen) atoms. The van der Waals surface area contributed by atoms with Crippen LogP contribution >= 0.6 is 0 Å². The van der Waals surface area contributed by atoms with Crippen molar-refractivity contribution in [2.45, 2.75) is 45.7 Å². The van der Waals surface area contributed by atoms with Crippen LogP contribution in [0.1, 0.15) is 33.3 Å². The van der Waals surface area contributed by atoms with Gasteiger partial charge in [0.2, 0.25) is 0 Å². The van der Waals surface area contributed by atoms with Crippen molar-refractivity contribution in [1.29, 1.82) is 0 Å². The molecule has 0 fully saturated rings. The van der Waals surface area contributed by atoms with Gasteiger partial charge in [0.15, 0.2) is 11.6 Å². The summed E-state index contributed by atoms with van der Waals surface area (Å²) < 4.78 is 26.2. The van der Waals surface area contributed by atoms with Gasteiger partial charge in [-0.3, -0.25) is 16.2 Å². The molecule has 5 heteroatoms. The predicted octanol–water partition coefficient (Wildman–Crippen LogP) is 2.46. The second-order valence-electron chi connectivity index (χ2n) is 5.50. The summed E-state index contributed by atoms with van der Waals surface area (Å²) in [6, 6.07) is 3.93. The third-order valence-corrected chi connectivity index (χ3v) is 4.06. The summed E-state index contributed by atoms with van der Waals surface area (Å²) in [6.45, 7) is 10.2. The standard InChI is InChI=1S/C15H25F2N3/c1-5-20(6-2)15(3,4)14(19-18)10-11-7-8-12(16)13(17)9-11/h7-9,14,19H,5-6,10,18H2,1-4H3. The number of hydrogen-bond acceptors (Lipinski definition) is 3. The van der Waals surface area contributed by atoms with Crippen molar-refractivity contribution in [2.24, 2.45) is 5.84 Å². The van der Waals surface area contributed by atoms with Crippen molar-refractivity contribution in [3.8, 4) is 0 Å². The minimum absolute atomic E-state index is 0.0627. The van der Waals surface area contributed by atoms with Crippen molar-refractivity contribution in [3.05, 3.63) is 35.4 Å². The molecule has 0 aliphatic carbocycles. The maximum absolute atomic E-state index is 13.3. The molecule has 0 aliphatic rings. The zero-order valence-electron chi connectivity index (χ0n) is 12.7. The Morgan fingerprint density at radius 2 is 1.80 bits per heavy atom. The van der Waals surface area contributed by atoms with E-state index >= 15 is 0 Å². The second kappa shape index (κ2) is 7.11. The van der Waals surface area contributed by atoms with Gasteiger partial charge in [0.1, 0.15) is 0 Å². The number of hydrogen-bond donors (Lipinski definition) is 2. The minimum atomic E-state index is -0.825. The van der Waals surface area contributed by atoms with Crippen LogP contribution in [0.5, 0.6) is 0 Å². The van der Waals surface area contributed by atoms with Gasteiger partial charge in [-0.05, 0) is 51.1 Å². The summed E-state index contributed by atoms with van der Waals surface area (Å²) >= 11 is 0. The van der Waals surface area contributed by atoms with E-state index in [2.05, 4.69) is 38.0 Å². The molecule has 1 aromatic rings. The van der Waals surface area contributed by atoms with Crippen LogP contribution in [0.2, 0.25) is 0 Å². The van der Waals surface area contributed by atoms with E-state index in [1.807, 2.05) is 0 Å². The molecule has 0 aliphatic heterocycles. The van der Waals surface area contributed by atoms with Crippen LogP contribution in [0, 0.1) is 11.6 Å². The molecule has 1 aromatic carbocycles. The molecule has 0 aromatic heterocycles. The maximum Gasteiger partial charge on any atom is 0.159 e. The monoisotopic (exact) mass is 285 g/mol. The summed E-state index contributed by atoms with van der Waals surface area (Å²) in [5, 5.41) is 0. The van der Waals surface area contributed by atoms with Gasteiger partial charge >= 0.3 is 0 Å².